The van der Waals surface area contributed by atoms with Crippen LogP contribution in [0.25, 0.3) is 8.96 Å². The third-order valence-corrected chi connectivity index (χ3v) is 5.90. The topological polar surface area (TPSA) is 34.2 Å². The van der Waals surface area contributed by atoms with Gasteiger partial charge in [-0.2, -0.15) is 0 Å². The molecule has 1 spiro atoms. The van der Waals surface area contributed by atoms with E-state index in [4.69, 9.17) is 9.47 Å². The van der Waals surface area contributed by atoms with Crippen LogP contribution < -0.4 is 10.6 Å². The standard InChI is InChI=1S/C14H15Br2NO2/c15-9-1-2-10(16)13-12(9)8-7-14(18-5-6-19-14)4-3-11(8)17-13/h17H,1-7H2. The van der Waals surface area contributed by atoms with Crippen molar-refractivity contribution < 1.29 is 9.47 Å². The molecule has 2 aliphatic carbocycles. The minimum absolute atomic E-state index is 0.361. The van der Waals surface area contributed by atoms with E-state index < -0.39 is 0 Å². The molecule has 4 rings (SSSR count). The lowest BCUT2D eigenvalue weighted by Crippen LogP contribution is -2.40. The van der Waals surface area contributed by atoms with Crippen LogP contribution in [0.1, 0.15) is 30.5 Å². The highest BCUT2D eigenvalue weighted by molar-refractivity contribution is 9.15. The fourth-order valence-electron chi connectivity index (χ4n) is 3.39. The Morgan fingerprint density at radius 3 is 2.53 bits per heavy atom. The van der Waals surface area contributed by atoms with Crippen molar-refractivity contribution in [1.82, 2.24) is 4.98 Å². The van der Waals surface area contributed by atoms with Gasteiger partial charge < -0.3 is 14.5 Å². The first-order valence-electron chi connectivity index (χ1n) is 6.73. The highest BCUT2D eigenvalue weighted by Gasteiger charge is 2.41. The van der Waals surface area contributed by atoms with Gasteiger partial charge in [-0.25, -0.2) is 0 Å². The Bertz CT molecular complexity index is 656. The van der Waals surface area contributed by atoms with Crippen LogP contribution in [0.2, 0.25) is 0 Å². The van der Waals surface area contributed by atoms with Crippen molar-refractivity contribution in [1.29, 1.82) is 0 Å². The van der Waals surface area contributed by atoms with Crippen molar-refractivity contribution in [2.75, 3.05) is 13.2 Å². The summed E-state index contributed by atoms with van der Waals surface area (Å²) in [6, 6.07) is 0. The summed E-state index contributed by atoms with van der Waals surface area (Å²) in [4.78, 5) is 3.59. The van der Waals surface area contributed by atoms with Crippen molar-refractivity contribution in [2.45, 2.75) is 37.9 Å². The molecule has 0 atom stereocenters. The first-order chi connectivity index (χ1) is 9.19. The molecule has 3 aliphatic rings. The predicted octanol–water partition coefficient (Wildman–Crippen LogP) is 2.05. The summed E-state index contributed by atoms with van der Waals surface area (Å²) in [7, 11) is 0. The van der Waals surface area contributed by atoms with Crippen LogP contribution in [0, 0.1) is 0 Å². The molecule has 5 heteroatoms. The van der Waals surface area contributed by atoms with Crippen LogP contribution in [-0.4, -0.2) is 24.0 Å². The Morgan fingerprint density at radius 1 is 1.00 bits per heavy atom. The van der Waals surface area contributed by atoms with Gasteiger partial charge in [0.1, 0.15) is 0 Å². The number of aromatic nitrogens is 1. The van der Waals surface area contributed by atoms with Crippen LogP contribution in [0.15, 0.2) is 0 Å². The summed E-state index contributed by atoms with van der Waals surface area (Å²) in [6.45, 7) is 1.45. The number of aryl methyl sites for hydroxylation is 1. The van der Waals surface area contributed by atoms with Gasteiger partial charge in [0.15, 0.2) is 5.79 Å². The van der Waals surface area contributed by atoms with Gasteiger partial charge in [0.2, 0.25) is 0 Å². The highest BCUT2D eigenvalue weighted by Crippen LogP contribution is 2.34. The number of rotatable bonds is 0. The molecule has 2 heterocycles. The van der Waals surface area contributed by atoms with Gasteiger partial charge in [0, 0.05) is 32.7 Å². The van der Waals surface area contributed by atoms with Crippen molar-refractivity contribution >= 4 is 40.8 Å². The van der Waals surface area contributed by atoms with Crippen molar-refractivity contribution in [3.05, 3.63) is 21.8 Å². The number of ether oxygens (including phenoxy) is 2. The second kappa shape index (κ2) is 4.45. The van der Waals surface area contributed by atoms with E-state index in [0.717, 1.165) is 45.3 Å². The lowest BCUT2D eigenvalue weighted by atomic mass is 9.90. The number of fused-ring (bicyclic) bond motifs is 3. The van der Waals surface area contributed by atoms with Crippen LogP contribution in [0.5, 0.6) is 0 Å². The molecule has 3 nitrogen and oxygen atoms in total. The third-order valence-electron chi connectivity index (χ3n) is 4.31. The van der Waals surface area contributed by atoms with Gasteiger partial charge in [-0.05, 0) is 24.8 Å². The molecule has 1 aliphatic heterocycles. The number of hydrogen-bond donors (Lipinski definition) is 1. The highest BCUT2D eigenvalue weighted by atomic mass is 79.9. The van der Waals surface area contributed by atoms with E-state index in [2.05, 4.69) is 36.8 Å². The Hall–Kier alpha value is -0.100. The first kappa shape index (κ1) is 12.6. The Labute approximate surface area is 128 Å². The summed E-state index contributed by atoms with van der Waals surface area (Å²) in [5.41, 5.74) is 2.73. The Morgan fingerprint density at radius 2 is 1.74 bits per heavy atom. The van der Waals surface area contributed by atoms with Gasteiger partial charge in [0.05, 0.1) is 18.6 Å². The molecule has 1 saturated heterocycles. The van der Waals surface area contributed by atoms with Crippen LogP contribution in [-0.2, 0) is 22.3 Å². The van der Waals surface area contributed by atoms with E-state index in [1.54, 1.807) is 0 Å². The molecule has 19 heavy (non-hydrogen) atoms. The minimum atomic E-state index is -0.361. The molecule has 1 aromatic heterocycles. The molecular formula is C14H15Br2NO2. The second-order valence-electron chi connectivity index (χ2n) is 5.43. The Balaban J connectivity index is 1.92. The summed E-state index contributed by atoms with van der Waals surface area (Å²) in [5.74, 6) is -0.361. The number of halogens is 2. The Kier molecular flexibility index (Phi) is 2.96. The lowest BCUT2D eigenvalue weighted by molar-refractivity contribution is -0.164. The zero-order valence-corrected chi connectivity index (χ0v) is 13.7. The number of hydrogen-bond acceptors (Lipinski definition) is 2. The fourth-order valence-corrected chi connectivity index (χ4v) is 4.52. The fraction of sp³-hybridized carbons (Fsp3) is 0.571. The lowest BCUT2D eigenvalue weighted by Gasteiger charge is -2.31. The van der Waals surface area contributed by atoms with Gasteiger partial charge >= 0.3 is 0 Å². The minimum Gasteiger partial charge on any atom is -0.357 e. The summed E-state index contributed by atoms with van der Waals surface area (Å²) >= 11 is 7.46. The molecule has 1 aromatic rings. The van der Waals surface area contributed by atoms with Crippen molar-refractivity contribution in [2.24, 2.45) is 0 Å². The van der Waals surface area contributed by atoms with Gasteiger partial charge in [-0.15, -0.1) is 0 Å². The average Bonchev–Trinajstić information content (AvgIpc) is 3.00. The van der Waals surface area contributed by atoms with Gasteiger partial charge in [-0.3, -0.25) is 0 Å². The van der Waals surface area contributed by atoms with Crippen LogP contribution in [0.4, 0.5) is 0 Å². The zero-order valence-electron chi connectivity index (χ0n) is 10.5. The van der Waals surface area contributed by atoms with E-state index in [-0.39, 0.29) is 5.79 Å². The second-order valence-corrected chi connectivity index (χ2v) is 7.34. The third kappa shape index (κ3) is 1.89. The number of aromatic amines is 1. The number of H-pyrrole nitrogens is 1. The van der Waals surface area contributed by atoms with Crippen molar-refractivity contribution in [3.63, 3.8) is 0 Å². The maximum absolute atomic E-state index is 5.88. The van der Waals surface area contributed by atoms with Crippen LogP contribution >= 0.6 is 31.9 Å². The summed E-state index contributed by atoms with van der Waals surface area (Å²) in [5, 5.41) is 2.59. The van der Waals surface area contributed by atoms with E-state index in [9.17, 15) is 0 Å². The molecule has 102 valence electrons. The van der Waals surface area contributed by atoms with E-state index in [0.29, 0.717) is 0 Å². The molecule has 0 unspecified atom stereocenters. The first-order valence-corrected chi connectivity index (χ1v) is 8.32. The zero-order chi connectivity index (χ0) is 13.0. The molecule has 0 saturated carbocycles. The average molecular weight is 389 g/mol. The van der Waals surface area contributed by atoms with E-state index in [1.165, 1.54) is 30.8 Å². The largest absolute Gasteiger partial charge is 0.357 e. The smallest absolute Gasteiger partial charge is 0.172 e. The normalized spacial score (nSPS) is 24.7. The molecule has 1 fully saturated rings. The summed E-state index contributed by atoms with van der Waals surface area (Å²) < 4.78 is 14.3. The van der Waals surface area contributed by atoms with Gasteiger partial charge in [-0.1, -0.05) is 31.9 Å². The van der Waals surface area contributed by atoms with E-state index in [1.807, 2.05) is 0 Å². The van der Waals surface area contributed by atoms with E-state index >= 15 is 0 Å². The number of nitrogens with one attached hydrogen (secondary N) is 1. The predicted molar refractivity (Wildman–Crippen MR) is 80.6 cm³/mol. The molecule has 0 aromatic carbocycles. The monoisotopic (exact) mass is 387 g/mol. The summed E-state index contributed by atoms with van der Waals surface area (Å²) in [6.07, 6.45) is 4.94. The van der Waals surface area contributed by atoms with Gasteiger partial charge in [0.25, 0.3) is 0 Å². The molecule has 0 bridgehead atoms. The quantitative estimate of drug-likeness (QED) is 0.738. The molecule has 0 amide bonds. The van der Waals surface area contributed by atoms with Crippen molar-refractivity contribution in [3.8, 4) is 0 Å². The SMILES string of the molecule is BrC1=c2[nH]c3c(c2=C(Br)CC1)CC1(CC3)OCCO1. The maximum Gasteiger partial charge on any atom is 0.172 e. The molecular weight excluding hydrogens is 374 g/mol. The molecule has 1 N–H and O–H groups in total. The maximum atomic E-state index is 5.88. The molecule has 0 radical (unpaired) electrons. The van der Waals surface area contributed by atoms with Crippen LogP contribution in [0.3, 0.4) is 0 Å².